The van der Waals surface area contributed by atoms with Crippen LogP contribution in [0.3, 0.4) is 0 Å². The number of hydrogen-bond acceptors (Lipinski definition) is 3. The fraction of sp³-hybridized carbons (Fsp3) is 0.571. The Hall–Kier alpha value is -0.770. The summed E-state index contributed by atoms with van der Waals surface area (Å²) in [6, 6.07) is 6.06. The van der Waals surface area contributed by atoms with Crippen molar-refractivity contribution in [2.75, 3.05) is 31.1 Å². The normalized spacial score (nSPS) is 19.0. The summed E-state index contributed by atoms with van der Waals surface area (Å²) in [5, 5.41) is 0.808. The molecule has 4 heteroatoms. The molecule has 0 atom stereocenters. The molecule has 1 aromatic rings. The fourth-order valence-corrected chi connectivity index (χ4v) is 2.72. The maximum Gasteiger partial charge on any atom is 0.0801 e. The first-order chi connectivity index (χ1) is 8.53. The molecular formula is C14H21ClN2O. The van der Waals surface area contributed by atoms with Crippen molar-refractivity contribution < 1.29 is 4.74 Å². The van der Waals surface area contributed by atoms with Crippen LogP contribution in [0.1, 0.15) is 19.4 Å². The Balaban J connectivity index is 2.29. The van der Waals surface area contributed by atoms with Gasteiger partial charge in [-0.2, -0.15) is 0 Å². The highest BCUT2D eigenvalue weighted by Crippen LogP contribution is 2.30. The van der Waals surface area contributed by atoms with Crippen molar-refractivity contribution in [3.63, 3.8) is 0 Å². The Labute approximate surface area is 114 Å². The summed E-state index contributed by atoms with van der Waals surface area (Å²) in [6.45, 7) is 7.39. The lowest BCUT2D eigenvalue weighted by atomic mass is 10.0. The van der Waals surface area contributed by atoms with Crippen LogP contribution >= 0.6 is 11.6 Å². The monoisotopic (exact) mass is 268 g/mol. The van der Waals surface area contributed by atoms with Gasteiger partial charge in [-0.05, 0) is 44.5 Å². The summed E-state index contributed by atoms with van der Waals surface area (Å²) in [6.07, 6.45) is 0.812. The van der Waals surface area contributed by atoms with Crippen LogP contribution in [0.4, 0.5) is 5.69 Å². The second-order valence-electron chi connectivity index (χ2n) is 5.31. The summed E-state index contributed by atoms with van der Waals surface area (Å²) in [7, 11) is 0. The van der Waals surface area contributed by atoms with Gasteiger partial charge >= 0.3 is 0 Å². The van der Waals surface area contributed by atoms with Gasteiger partial charge in [-0.3, -0.25) is 0 Å². The predicted octanol–water partition coefficient (Wildman–Crippen LogP) is 2.46. The molecule has 3 nitrogen and oxygen atoms in total. The fourth-order valence-electron chi connectivity index (χ4n) is 2.46. The molecule has 0 amide bonds. The second kappa shape index (κ2) is 5.47. The third-order valence-corrected chi connectivity index (χ3v) is 3.61. The van der Waals surface area contributed by atoms with Crippen LogP contribution in [-0.2, 0) is 11.2 Å². The van der Waals surface area contributed by atoms with Crippen molar-refractivity contribution in [2.24, 2.45) is 5.73 Å². The largest absolute Gasteiger partial charge is 0.372 e. The molecule has 0 aromatic heterocycles. The van der Waals surface area contributed by atoms with E-state index in [2.05, 4.69) is 24.8 Å². The highest BCUT2D eigenvalue weighted by Gasteiger charge is 2.28. The predicted molar refractivity (Wildman–Crippen MR) is 76.5 cm³/mol. The number of nitrogens with two attached hydrogens (primary N) is 1. The summed E-state index contributed by atoms with van der Waals surface area (Å²) in [4.78, 5) is 2.35. The van der Waals surface area contributed by atoms with E-state index in [4.69, 9.17) is 22.1 Å². The average Bonchev–Trinajstić information content (AvgIpc) is 2.30. The zero-order valence-electron chi connectivity index (χ0n) is 11.1. The van der Waals surface area contributed by atoms with Crippen LogP contribution in [0, 0.1) is 0 Å². The van der Waals surface area contributed by atoms with E-state index in [-0.39, 0.29) is 5.60 Å². The lowest BCUT2D eigenvalue weighted by Gasteiger charge is -2.40. The minimum atomic E-state index is -0.111. The maximum atomic E-state index is 6.28. The van der Waals surface area contributed by atoms with Gasteiger partial charge in [0.05, 0.1) is 12.2 Å². The van der Waals surface area contributed by atoms with E-state index in [1.54, 1.807) is 0 Å². The molecule has 1 fully saturated rings. The highest BCUT2D eigenvalue weighted by atomic mass is 35.5. The maximum absolute atomic E-state index is 6.28. The molecule has 1 aliphatic heterocycles. The van der Waals surface area contributed by atoms with E-state index in [1.807, 2.05) is 12.1 Å². The topological polar surface area (TPSA) is 38.5 Å². The molecule has 0 bridgehead atoms. The summed E-state index contributed by atoms with van der Waals surface area (Å²) in [5.41, 5.74) is 7.92. The molecule has 0 radical (unpaired) electrons. The van der Waals surface area contributed by atoms with Crippen LogP contribution in [0.15, 0.2) is 18.2 Å². The Kier molecular flexibility index (Phi) is 4.15. The van der Waals surface area contributed by atoms with Crippen LogP contribution in [0.25, 0.3) is 0 Å². The minimum Gasteiger partial charge on any atom is -0.372 e. The van der Waals surface area contributed by atoms with Crippen molar-refractivity contribution in [3.8, 4) is 0 Å². The van der Waals surface area contributed by atoms with Gasteiger partial charge in [0.2, 0.25) is 0 Å². The Morgan fingerprint density at radius 1 is 1.44 bits per heavy atom. The Bertz CT molecular complexity index is 420. The smallest absolute Gasteiger partial charge is 0.0801 e. The number of halogens is 1. The number of hydrogen-bond donors (Lipinski definition) is 1. The first kappa shape index (κ1) is 13.7. The number of ether oxygens (including phenoxy) is 1. The van der Waals surface area contributed by atoms with Gasteiger partial charge in [-0.25, -0.2) is 0 Å². The van der Waals surface area contributed by atoms with Crippen molar-refractivity contribution in [1.82, 2.24) is 0 Å². The van der Waals surface area contributed by atoms with Gasteiger partial charge in [0.15, 0.2) is 0 Å². The third-order valence-electron chi connectivity index (χ3n) is 3.25. The number of anilines is 1. The zero-order chi connectivity index (χ0) is 13.2. The van der Waals surface area contributed by atoms with E-state index < -0.39 is 0 Å². The molecule has 1 saturated heterocycles. The van der Waals surface area contributed by atoms with Gasteiger partial charge in [0.1, 0.15) is 0 Å². The average molecular weight is 269 g/mol. The molecule has 2 N–H and O–H groups in total. The highest BCUT2D eigenvalue weighted by molar-refractivity contribution is 6.31. The van der Waals surface area contributed by atoms with Gasteiger partial charge < -0.3 is 15.4 Å². The van der Waals surface area contributed by atoms with Crippen molar-refractivity contribution in [3.05, 3.63) is 28.8 Å². The first-order valence-corrected chi connectivity index (χ1v) is 6.78. The van der Waals surface area contributed by atoms with E-state index >= 15 is 0 Å². The number of benzene rings is 1. The number of morpholine rings is 1. The van der Waals surface area contributed by atoms with Gasteiger partial charge in [-0.15, -0.1) is 0 Å². The lowest BCUT2D eigenvalue weighted by molar-refractivity contribution is -0.0277. The van der Waals surface area contributed by atoms with E-state index in [0.29, 0.717) is 6.54 Å². The molecule has 1 aliphatic rings. The Morgan fingerprint density at radius 2 is 2.22 bits per heavy atom. The molecule has 0 saturated carbocycles. The first-order valence-electron chi connectivity index (χ1n) is 6.40. The Morgan fingerprint density at radius 3 is 2.89 bits per heavy atom. The third kappa shape index (κ3) is 2.97. The molecule has 0 spiro atoms. The number of rotatable bonds is 3. The van der Waals surface area contributed by atoms with Crippen LogP contribution in [0.2, 0.25) is 5.02 Å². The molecule has 2 rings (SSSR count). The van der Waals surface area contributed by atoms with E-state index in [1.165, 1.54) is 5.69 Å². The minimum absolute atomic E-state index is 0.111. The molecule has 0 aliphatic carbocycles. The van der Waals surface area contributed by atoms with Crippen molar-refractivity contribution >= 4 is 17.3 Å². The zero-order valence-corrected chi connectivity index (χ0v) is 11.8. The SMILES string of the molecule is CC1(C)CN(c2cccc(Cl)c2CCN)CCO1. The summed E-state index contributed by atoms with van der Waals surface area (Å²) >= 11 is 6.28. The quantitative estimate of drug-likeness (QED) is 0.915. The summed E-state index contributed by atoms with van der Waals surface area (Å²) in [5.74, 6) is 0. The number of nitrogens with zero attached hydrogens (tertiary/aromatic N) is 1. The second-order valence-corrected chi connectivity index (χ2v) is 5.71. The lowest BCUT2D eigenvalue weighted by Crippen LogP contribution is -2.48. The molecule has 1 heterocycles. The molecule has 100 valence electrons. The van der Waals surface area contributed by atoms with Crippen LogP contribution in [0.5, 0.6) is 0 Å². The van der Waals surface area contributed by atoms with Crippen LogP contribution < -0.4 is 10.6 Å². The standard InChI is InChI=1S/C14H21ClN2O/c1-14(2)10-17(8-9-18-14)13-5-3-4-12(15)11(13)6-7-16/h3-5H,6-10,16H2,1-2H3. The molecule has 0 unspecified atom stereocenters. The van der Waals surface area contributed by atoms with Gasteiger partial charge in [0.25, 0.3) is 0 Å². The molecular weight excluding hydrogens is 248 g/mol. The summed E-state index contributed by atoms with van der Waals surface area (Å²) < 4.78 is 5.75. The van der Waals surface area contributed by atoms with E-state index in [9.17, 15) is 0 Å². The van der Waals surface area contributed by atoms with E-state index in [0.717, 1.165) is 36.7 Å². The van der Waals surface area contributed by atoms with Crippen molar-refractivity contribution in [1.29, 1.82) is 0 Å². The molecule has 1 aromatic carbocycles. The van der Waals surface area contributed by atoms with Gasteiger partial charge in [-0.1, -0.05) is 17.7 Å². The molecule has 18 heavy (non-hydrogen) atoms. The van der Waals surface area contributed by atoms with Crippen LogP contribution in [-0.4, -0.2) is 31.8 Å². The van der Waals surface area contributed by atoms with Crippen molar-refractivity contribution in [2.45, 2.75) is 25.9 Å². The van der Waals surface area contributed by atoms with Gasteiger partial charge in [0, 0.05) is 23.8 Å².